The molecular formula is C23H24FN3O5S2. The van der Waals surface area contributed by atoms with Crippen molar-refractivity contribution in [3.8, 4) is 0 Å². The van der Waals surface area contributed by atoms with Crippen LogP contribution in [0.5, 0.6) is 0 Å². The molecule has 8 nitrogen and oxygen atoms in total. The minimum atomic E-state index is -3.92. The van der Waals surface area contributed by atoms with Gasteiger partial charge in [-0.1, -0.05) is 50.2 Å². The number of benzene rings is 2. The Morgan fingerprint density at radius 3 is 2.38 bits per heavy atom. The molecule has 34 heavy (non-hydrogen) atoms. The summed E-state index contributed by atoms with van der Waals surface area (Å²) in [6, 6.07) is 12.5. The van der Waals surface area contributed by atoms with Gasteiger partial charge in [0.25, 0.3) is 11.1 Å². The second-order valence-electron chi connectivity index (χ2n) is 7.80. The molecule has 1 fully saturated rings. The summed E-state index contributed by atoms with van der Waals surface area (Å²) in [5.74, 6) is -2.04. The zero-order valence-corrected chi connectivity index (χ0v) is 20.2. The highest BCUT2D eigenvalue weighted by molar-refractivity contribution is 8.18. The molecule has 0 unspecified atom stereocenters. The summed E-state index contributed by atoms with van der Waals surface area (Å²) in [5, 5.41) is 2.04. The molecule has 0 saturated carbocycles. The maximum absolute atomic E-state index is 13.9. The van der Waals surface area contributed by atoms with E-state index in [9.17, 15) is 27.2 Å². The Bertz CT molecular complexity index is 1220. The van der Waals surface area contributed by atoms with Gasteiger partial charge in [-0.05, 0) is 42.0 Å². The number of sulfonamides is 1. The Hall–Kier alpha value is -3.02. The van der Waals surface area contributed by atoms with E-state index in [2.05, 4.69) is 10.0 Å². The van der Waals surface area contributed by atoms with Crippen LogP contribution in [0, 0.1) is 11.7 Å². The van der Waals surface area contributed by atoms with E-state index in [1.807, 2.05) is 0 Å². The van der Waals surface area contributed by atoms with Gasteiger partial charge >= 0.3 is 0 Å². The van der Waals surface area contributed by atoms with E-state index < -0.39 is 38.9 Å². The average Bonchev–Trinajstić information content (AvgIpc) is 3.06. The van der Waals surface area contributed by atoms with Crippen molar-refractivity contribution in [2.45, 2.75) is 24.8 Å². The topological polar surface area (TPSA) is 113 Å². The molecule has 3 amide bonds. The van der Waals surface area contributed by atoms with Crippen LogP contribution in [0.25, 0.3) is 6.08 Å². The number of nitrogens with zero attached hydrogens (tertiary/aromatic N) is 1. The van der Waals surface area contributed by atoms with Crippen LogP contribution in [0.3, 0.4) is 0 Å². The number of imide groups is 1. The quantitative estimate of drug-likeness (QED) is 0.507. The first-order valence-corrected chi connectivity index (χ1v) is 12.7. The number of thioether (sulfide) groups is 1. The van der Waals surface area contributed by atoms with E-state index in [4.69, 9.17) is 0 Å². The van der Waals surface area contributed by atoms with Gasteiger partial charge < -0.3 is 5.32 Å². The first-order chi connectivity index (χ1) is 16.1. The van der Waals surface area contributed by atoms with Crippen LogP contribution in [0.2, 0.25) is 0 Å². The first kappa shape index (κ1) is 25.6. The van der Waals surface area contributed by atoms with Crippen molar-refractivity contribution in [1.29, 1.82) is 0 Å². The smallest absolute Gasteiger partial charge is 0.293 e. The minimum absolute atomic E-state index is 0.0351. The minimum Gasteiger partial charge on any atom is -0.353 e. The van der Waals surface area contributed by atoms with Crippen LogP contribution in [0.1, 0.15) is 19.4 Å². The lowest BCUT2D eigenvalue weighted by Crippen LogP contribution is -2.50. The lowest BCUT2D eigenvalue weighted by molar-refractivity contribution is -0.125. The lowest BCUT2D eigenvalue weighted by atomic mass is 10.1. The van der Waals surface area contributed by atoms with Crippen molar-refractivity contribution in [1.82, 2.24) is 14.9 Å². The Labute approximate surface area is 201 Å². The third-order valence-corrected chi connectivity index (χ3v) is 7.35. The van der Waals surface area contributed by atoms with Crippen molar-refractivity contribution >= 4 is 44.9 Å². The van der Waals surface area contributed by atoms with Gasteiger partial charge in [-0.3, -0.25) is 19.3 Å². The second-order valence-corrected chi connectivity index (χ2v) is 10.5. The van der Waals surface area contributed by atoms with Crippen LogP contribution in [0.15, 0.2) is 64.4 Å². The number of nitrogens with one attached hydrogen (secondary N) is 2. The number of amides is 3. The molecule has 1 atom stereocenters. The monoisotopic (exact) mass is 505 g/mol. The van der Waals surface area contributed by atoms with E-state index in [1.54, 1.807) is 38.1 Å². The summed E-state index contributed by atoms with van der Waals surface area (Å²) in [7, 11) is -3.92. The molecule has 1 aliphatic rings. The van der Waals surface area contributed by atoms with Crippen LogP contribution >= 0.6 is 11.8 Å². The number of carbonyl (C=O) groups is 3. The summed E-state index contributed by atoms with van der Waals surface area (Å²) in [5.41, 5.74) is 0.187. The van der Waals surface area contributed by atoms with E-state index in [0.717, 1.165) is 4.90 Å². The highest BCUT2D eigenvalue weighted by Gasteiger charge is 2.35. The molecule has 11 heteroatoms. The summed E-state index contributed by atoms with van der Waals surface area (Å²) < 4.78 is 41.5. The van der Waals surface area contributed by atoms with Gasteiger partial charge in [0.2, 0.25) is 15.9 Å². The summed E-state index contributed by atoms with van der Waals surface area (Å²) in [4.78, 5) is 38.6. The van der Waals surface area contributed by atoms with Crippen molar-refractivity contribution in [2.75, 3.05) is 13.1 Å². The van der Waals surface area contributed by atoms with Crippen molar-refractivity contribution in [3.63, 3.8) is 0 Å². The summed E-state index contributed by atoms with van der Waals surface area (Å²) in [6.45, 7) is 3.21. The summed E-state index contributed by atoms with van der Waals surface area (Å²) in [6.07, 6.45) is 1.31. The molecule has 1 aliphatic heterocycles. The molecule has 0 spiro atoms. The largest absolute Gasteiger partial charge is 0.353 e. The fourth-order valence-corrected chi connectivity index (χ4v) is 5.38. The normalized spacial score (nSPS) is 16.4. The molecule has 0 radical (unpaired) electrons. The van der Waals surface area contributed by atoms with Crippen LogP contribution < -0.4 is 10.0 Å². The van der Waals surface area contributed by atoms with E-state index in [1.165, 1.54) is 36.4 Å². The van der Waals surface area contributed by atoms with Gasteiger partial charge in [0.1, 0.15) is 11.9 Å². The number of hydrogen-bond donors (Lipinski definition) is 2. The molecule has 0 aliphatic carbocycles. The second kappa shape index (κ2) is 10.9. The molecule has 0 aromatic heterocycles. The third kappa shape index (κ3) is 6.10. The van der Waals surface area contributed by atoms with Gasteiger partial charge in [0, 0.05) is 18.7 Å². The zero-order valence-electron chi connectivity index (χ0n) is 18.5. The Morgan fingerprint density at radius 2 is 1.74 bits per heavy atom. The van der Waals surface area contributed by atoms with Gasteiger partial charge in [-0.15, -0.1) is 0 Å². The fourth-order valence-electron chi connectivity index (χ4n) is 3.15. The highest BCUT2D eigenvalue weighted by Crippen LogP contribution is 2.32. The van der Waals surface area contributed by atoms with Gasteiger partial charge in [0.15, 0.2) is 0 Å². The predicted octanol–water partition coefficient (Wildman–Crippen LogP) is 2.98. The van der Waals surface area contributed by atoms with Crippen LogP contribution in [0.4, 0.5) is 9.18 Å². The number of rotatable bonds is 9. The third-order valence-electron chi connectivity index (χ3n) is 4.98. The number of hydrogen-bond acceptors (Lipinski definition) is 6. The van der Waals surface area contributed by atoms with Crippen LogP contribution in [-0.4, -0.2) is 49.5 Å². The molecule has 2 N–H and O–H groups in total. The van der Waals surface area contributed by atoms with Gasteiger partial charge in [-0.25, -0.2) is 12.8 Å². The van der Waals surface area contributed by atoms with Crippen molar-refractivity contribution in [3.05, 3.63) is 70.9 Å². The fraction of sp³-hybridized carbons (Fsp3) is 0.261. The summed E-state index contributed by atoms with van der Waals surface area (Å²) >= 11 is 0.688. The SMILES string of the molecule is CC(C)[C@H](NS(=O)(=O)c1ccccc1)C(=O)NCCN1C(=O)S/C(=C\c2ccccc2F)C1=O. The molecular weight excluding hydrogens is 481 g/mol. The standard InChI is InChI=1S/C23H24FN3O5S2/c1-15(2)20(26-34(31,32)17-9-4-3-5-10-17)21(28)25-12-13-27-22(29)19(33-23(27)30)14-16-8-6-7-11-18(16)24/h3-11,14-15,20,26H,12-13H2,1-2H3,(H,25,28)/b19-14-/t20-/m0/s1. The van der Waals surface area contributed by atoms with Gasteiger partial charge in [0.05, 0.1) is 9.80 Å². The van der Waals surface area contributed by atoms with Gasteiger partial charge in [-0.2, -0.15) is 4.72 Å². The molecule has 2 aromatic rings. The molecule has 1 saturated heterocycles. The van der Waals surface area contributed by atoms with E-state index >= 15 is 0 Å². The molecule has 180 valence electrons. The number of carbonyl (C=O) groups excluding carboxylic acids is 3. The molecule has 0 bridgehead atoms. The van der Waals surface area contributed by atoms with Crippen molar-refractivity contribution in [2.24, 2.45) is 5.92 Å². The molecule has 1 heterocycles. The van der Waals surface area contributed by atoms with E-state index in [0.29, 0.717) is 11.8 Å². The molecule has 3 rings (SSSR count). The Kier molecular flexibility index (Phi) is 8.24. The lowest BCUT2D eigenvalue weighted by Gasteiger charge is -2.22. The van der Waals surface area contributed by atoms with E-state index in [-0.39, 0.29) is 34.4 Å². The maximum Gasteiger partial charge on any atom is 0.293 e. The highest BCUT2D eigenvalue weighted by atomic mass is 32.2. The Morgan fingerprint density at radius 1 is 1.09 bits per heavy atom. The van der Waals surface area contributed by atoms with Crippen molar-refractivity contribution < 1.29 is 27.2 Å². The zero-order chi connectivity index (χ0) is 24.9. The predicted molar refractivity (Wildman–Crippen MR) is 127 cm³/mol. The number of halogens is 1. The maximum atomic E-state index is 13.9. The molecule has 2 aromatic carbocycles. The average molecular weight is 506 g/mol. The first-order valence-electron chi connectivity index (χ1n) is 10.4. The Balaban J connectivity index is 1.61. The van der Waals surface area contributed by atoms with Crippen LogP contribution in [-0.2, 0) is 19.6 Å².